The van der Waals surface area contributed by atoms with Gasteiger partial charge in [-0.2, -0.15) is 0 Å². The van der Waals surface area contributed by atoms with Crippen LogP contribution in [0.2, 0.25) is 15.1 Å². The maximum absolute atomic E-state index is 14.1. The van der Waals surface area contributed by atoms with Gasteiger partial charge in [0.25, 0.3) is 11.8 Å². The minimum atomic E-state index is -0.540. The first-order chi connectivity index (χ1) is 18.3. The molecule has 0 saturated carbocycles. The molecule has 1 aliphatic rings. The number of benzene rings is 3. The Labute approximate surface area is 233 Å². The maximum atomic E-state index is 14.1. The fourth-order valence-corrected chi connectivity index (χ4v) is 5.03. The standard InChI is InChI=1S/C28H21Cl3FN3O3/c29-18-5-6-24(34-9-11-35(12-10-34)28(37)21-3-1-2-4-22(21)32)23(16-18)33-27(36)26-8-7-25(38-26)17-13-19(30)15-20(31)14-17/h1-8,13-16H,9-12H2,(H,33,36). The molecule has 6 nitrogen and oxygen atoms in total. The third kappa shape index (κ3) is 5.65. The lowest BCUT2D eigenvalue weighted by atomic mass is 10.1. The Kier molecular flexibility index (Phi) is 7.61. The molecule has 38 heavy (non-hydrogen) atoms. The summed E-state index contributed by atoms with van der Waals surface area (Å²) in [5.74, 6) is -0.797. The first kappa shape index (κ1) is 26.1. The van der Waals surface area contributed by atoms with Crippen LogP contribution in [0.25, 0.3) is 11.3 Å². The SMILES string of the molecule is O=C(Nc1cc(Cl)ccc1N1CCN(C(=O)c2ccccc2F)CC1)c1ccc(-c2cc(Cl)cc(Cl)c2)o1. The molecule has 0 spiro atoms. The molecule has 0 aliphatic carbocycles. The summed E-state index contributed by atoms with van der Waals surface area (Å²) in [5.41, 5.74) is 1.94. The number of halogens is 4. The van der Waals surface area contributed by atoms with Gasteiger partial charge in [-0.05, 0) is 60.7 Å². The minimum absolute atomic E-state index is 0.0539. The smallest absolute Gasteiger partial charge is 0.291 e. The van der Waals surface area contributed by atoms with Crippen molar-refractivity contribution >= 4 is 58.0 Å². The molecule has 2 heterocycles. The molecule has 1 fully saturated rings. The molecule has 194 valence electrons. The quantitative estimate of drug-likeness (QED) is 0.273. The van der Waals surface area contributed by atoms with E-state index in [1.807, 2.05) is 11.0 Å². The number of piperazine rings is 1. The Balaban J connectivity index is 1.30. The number of hydrogen-bond donors (Lipinski definition) is 1. The third-order valence-corrected chi connectivity index (χ3v) is 6.87. The van der Waals surface area contributed by atoms with Gasteiger partial charge in [0.05, 0.1) is 16.9 Å². The molecule has 1 N–H and O–H groups in total. The van der Waals surface area contributed by atoms with Gasteiger partial charge in [-0.3, -0.25) is 9.59 Å². The number of nitrogens with zero attached hydrogens (tertiary/aromatic N) is 2. The van der Waals surface area contributed by atoms with Gasteiger partial charge in [0.1, 0.15) is 11.6 Å². The predicted octanol–water partition coefficient (Wildman–Crippen LogP) is 7.26. The summed E-state index contributed by atoms with van der Waals surface area (Å²) in [5, 5.41) is 4.23. The van der Waals surface area contributed by atoms with E-state index in [0.717, 1.165) is 5.69 Å². The van der Waals surface area contributed by atoms with E-state index in [4.69, 9.17) is 39.2 Å². The van der Waals surface area contributed by atoms with Crippen LogP contribution in [0, 0.1) is 5.82 Å². The van der Waals surface area contributed by atoms with Crippen molar-refractivity contribution in [3.8, 4) is 11.3 Å². The van der Waals surface area contributed by atoms with Crippen molar-refractivity contribution in [2.45, 2.75) is 0 Å². The number of anilines is 2. The fraction of sp³-hybridized carbons (Fsp3) is 0.143. The molecule has 0 radical (unpaired) electrons. The van der Waals surface area contributed by atoms with Gasteiger partial charge in [0.2, 0.25) is 0 Å². The monoisotopic (exact) mass is 571 g/mol. The van der Waals surface area contributed by atoms with E-state index >= 15 is 0 Å². The highest BCUT2D eigenvalue weighted by molar-refractivity contribution is 6.35. The van der Waals surface area contributed by atoms with Crippen LogP contribution < -0.4 is 10.2 Å². The molecule has 4 aromatic rings. The van der Waals surface area contributed by atoms with Crippen LogP contribution in [0.5, 0.6) is 0 Å². The molecule has 10 heteroatoms. The summed E-state index contributed by atoms with van der Waals surface area (Å²) in [4.78, 5) is 29.5. The minimum Gasteiger partial charge on any atom is -0.451 e. The summed E-state index contributed by atoms with van der Waals surface area (Å²) in [7, 11) is 0. The Morgan fingerprint density at radius 2 is 1.53 bits per heavy atom. The lowest BCUT2D eigenvalue weighted by Crippen LogP contribution is -2.49. The van der Waals surface area contributed by atoms with Crippen molar-refractivity contribution < 1.29 is 18.4 Å². The maximum Gasteiger partial charge on any atom is 0.291 e. The molecule has 2 amide bonds. The number of carbonyl (C=O) groups is 2. The zero-order chi connectivity index (χ0) is 26.8. The van der Waals surface area contributed by atoms with Crippen molar-refractivity contribution in [3.05, 3.63) is 105 Å². The highest BCUT2D eigenvalue weighted by atomic mass is 35.5. The fourth-order valence-electron chi connectivity index (χ4n) is 4.33. The Bertz CT molecular complexity index is 1500. The molecule has 1 saturated heterocycles. The molecule has 5 rings (SSSR count). The van der Waals surface area contributed by atoms with Gasteiger partial charge < -0.3 is 19.5 Å². The second-order valence-corrected chi connectivity index (χ2v) is 10.0. The lowest BCUT2D eigenvalue weighted by Gasteiger charge is -2.37. The van der Waals surface area contributed by atoms with Gasteiger partial charge in [-0.25, -0.2) is 4.39 Å². The molecule has 0 unspecified atom stereocenters. The predicted molar refractivity (Wildman–Crippen MR) is 148 cm³/mol. The van der Waals surface area contributed by atoms with Gasteiger partial charge in [0, 0.05) is 46.8 Å². The van der Waals surface area contributed by atoms with Gasteiger partial charge in [-0.1, -0.05) is 46.9 Å². The van der Waals surface area contributed by atoms with Crippen LogP contribution in [0.1, 0.15) is 20.9 Å². The van der Waals surface area contributed by atoms with E-state index in [0.29, 0.717) is 58.3 Å². The Hall–Kier alpha value is -3.52. The Morgan fingerprint density at radius 3 is 2.24 bits per heavy atom. The van der Waals surface area contributed by atoms with Crippen LogP contribution in [0.15, 0.2) is 77.2 Å². The molecule has 3 aromatic carbocycles. The summed E-state index contributed by atoms with van der Waals surface area (Å²) in [6.07, 6.45) is 0. The Morgan fingerprint density at radius 1 is 0.816 bits per heavy atom. The number of furan rings is 1. The first-order valence-electron chi connectivity index (χ1n) is 11.7. The summed E-state index contributed by atoms with van der Waals surface area (Å²) in [6.45, 7) is 1.77. The van der Waals surface area contributed by atoms with Gasteiger partial charge in [-0.15, -0.1) is 0 Å². The number of hydrogen-bond acceptors (Lipinski definition) is 4. The molecular weight excluding hydrogens is 552 g/mol. The topological polar surface area (TPSA) is 65.8 Å². The van der Waals surface area contributed by atoms with Crippen molar-refractivity contribution in [3.63, 3.8) is 0 Å². The molecule has 1 aromatic heterocycles. The van der Waals surface area contributed by atoms with Crippen molar-refractivity contribution in [2.75, 3.05) is 36.4 Å². The van der Waals surface area contributed by atoms with Crippen LogP contribution in [-0.2, 0) is 0 Å². The van der Waals surface area contributed by atoms with E-state index in [9.17, 15) is 14.0 Å². The molecule has 0 bridgehead atoms. The van der Waals surface area contributed by atoms with Crippen LogP contribution in [0.3, 0.4) is 0 Å². The second-order valence-electron chi connectivity index (χ2n) is 8.70. The van der Waals surface area contributed by atoms with Crippen molar-refractivity contribution in [1.82, 2.24) is 4.90 Å². The average molecular weight is 573 g/mol. The van der Waals surface area contributed by atoms with E-state index in [2.05, 4.69) is 5.32 Å². The van der Waals surface area contributed by atoms with Crippen LogP contribution in [-0.4, -0.2) is 42.9 Å². The van der Waals surface area contributed by atoms with Crippen molar-refractivity contribution in [2.24, 2.45) is 0 Å². The number of nitrogens with one attached hydrogen (secondary N) is 1. The van der Waals surface area contributed by atoms with Crippen molar-refractivity contribution in [1.29, 1.82) is 0 Å². The van der Waals surface area contributed by atoms with E-state index in [1.165, 1.54) is 12.1 Å². The zero-order valence-electron chi connectivity index (χ0n) is 19.9. The van der Waals surface area contributed by atoms with E-state index < -0.39 is 11.7 Å². The number of amides is 2. The lowest BCUT2D eigenvalue weighted by molar-refractivity contribution is 0.0742. The van der Waals surface area contributed by atoms with E-state index in [-0.39, 0.29) is 17.2 Å². The third-order valence-electron chi connectivity index (χ3n) is 6.20. The highest BCUT2D eigenvalue weighted by Gasteiger charge is 2.26. The van der Waals surface area contributed by atoms with E-state index in [1.54, 1.807) is 59.5 Å². The molecule has 0 atom stereocenters. The number of carbonyl (C=O) groups excluding carboxylic acids is 2. The first-order valence-corrected chi connectivity index (χ1v) is 12.9. The summed E-state index contributed by atoms with van der Waals surface area (Å²) in [6, 6.07) is 19.4. The highest BCUT2D eigenvalue weighted by Crippen LogP contribution is 2.32. The van der Waals surface area contributed by atoms with Crippen LogP contribution in [0.4, 0.5) is 15.8 Å². The largest absolute Gasteiger partial charge is 0.451 e. The normalized spacial score (nSPS) is 13.5. The van der Waals surface area contributed by atoms with Gasteiger partial charge >= 0.3 is 0 Å². The zero-order valence-corrected chi connectivity index (χ0v) is 22.2. The van der Waals surface area contributed by atoms with Crippen LogP contribution >= 0.6 is 34.8 Å². The molecular formula is C28H21Cl3FN3O3. The second kappa shape index (κ2) is 11.1. The average Bonchev–Trinajstić information content (AvgIpc) is 3.39. The van der Waals surface area contributed by atoms with Gasteiger partial charge in [0.15, 0.2) is 5.76 Å². The summed E-state index contributed by atoms with van der Waals surface area (Å²) < 4.78 is 19.9. The summed E-state index contributed by atoms with van der Waals surface area (Å²) >= 11 is 18.4. The molecule has 1 aliphatic heterocycles. The number of rotatable bonds is 5.